The number of benzene rings is 2. The Morgan fingerprint density at radius 3 is 2.43 bits per heavy atom. The van der Waals surface area contributed by atoms with E-state index in [0.717, 1.165) is 38.9 Å². The van der Waals surface area contributed by atoms with E-state index >= 15 is 0 Å². The largest absolute Gasteiger partial charge is 0.326 e. The van der Waals surface area contributed by atoms with Gasteiger partial charge in [-0.3, -0.25) is 14.5 Å². The zero-order valence-corrected chi connectivity index (χ0v) is 18.5. The lowest BCUT2D eigenvalue weighted by atomic mass is 10.1. The summed E-state index contributed by atoms with van der Waals surface area (Å²) in [5.74, 6) is -0.0552. The van der Waals surface area contributed by atoms with Crippen molar-refractivity contribution in [3.05, 3.63) is 57.2 Å². The Bertz CT molecular complexity index is 847. The first kappa shape index (κ1) is 20.8. The number of hydrogen-bond acceptors (Lipinski definition) is 3. The van der Waals surface area contributed by atoms with Gasteiger partial charge in [0.25, 0.3) is 0 Å². The van der Waals surface area contributed by atoms with Gasteiger partial charge in [0.15, 0.2) is 0 Å². The Labute approximate surface area is 180 Å². The maximum absolute atomic E-state index is 12.5. The average Bonchev–Trinajstić information content (AvgIpc) is 3.49. The molecule has 1 saturated carbocycles. The molecule has 5 nitrogen and oxygen atoms in total. The number of amides is 2. The SMILES string of the molecule is Cc1ccc(C)c(NC(=O)CN(CCC(=O)Nc2ccc(I)cc2)C2CC2)c1. The van der Waals surface area contributed by atoms with Crippen molar-refractivity contribution in [3.8, 4) is 0 Å². The second-order valence-electron chi connectivity index (χ2n) is 7.37. The second-order valence-corrected chi connectivity index (χ2v) is 8.62. The first-order chi connectivity index (χ1) is 13.4. The van der Waals surface area contributed by atoms with Crippen LogP contribution >= 0.6 is 22.6 Å². The number of rotatable bonds is 8. The molecule has 1 fully saturated rings. The third-order valence-corrected chi connectivity index (χ3v) is 5.55. The molecule has 0 aromatic heterocycles. The van der Waals surface area contributed by atoms with Gasteiger partial charge in [0, 0.05) is 34.0 Å². The van der Waals surface area contributed by atoms with Crippen molar-refractivity contribution >= 4 is 45.8 Å². The molecule has 0 radical (unpaired) electrons. The lowest BCUT2D eigenvalue weighted by molar-refractivity contribution is -0.119. The average molecular weight is 491 g/mol. The fraction of sp³-hybridized carbons (Fsp3) is 0.364. The summed E-state index contributed by atoms with van der Waals surface area (Å²) in [7, 11) is 0. The van der Waals surface area contributed by atoms with Gasteiger partial charge in [0.05, 0.1) is 6.54 Å². The highest BCUT2D eigenvalue weighted by molar-refractivity contribution is 14.1. The van der Waals surface area contributed by atoms with Crippen molar-refractivity contribution in [2.45, 2.75) is 39.2 Å². The molecular weight excluding hydrogens is 465 g/mol. The molecule has 1 aliphatic carbocycles. The summed E-state index contributed by atoms with van der Waals surface area (Å²) in [5.41, 5.74) is 3.83. The normalized spacial score (nSPS) is 13.4. The van der Waals surface area contributed by atoms with Crippen LogP contribution in [0.4, 0.5) is 11.4 Å². The zero-order valence-electron chi connectivity index (χ0n) is 16.3. The smallest absolute Gasteiger partial charge is 0.238 e. The molecule has 0 spiro atoms. The van der Waals surface area contributed by atoms with Crippen LogP contribution in [-0.2, 0) is 9.59 Å². The predicted octanol–water partition coefficient (Wildman–Crippen LogP) is 4.34. The van der Waals surface area contributed by atoms with E-state index in [1.54, 1.807) is 0 Å². The lowest BCUT2D eigenvalue weighted by Gasteiger charge is -2.21. The molecule has 6 heteroatoms. The second kappa shape index (κ2) is 9.52. The third-order valence-electron chi connectivity index (χ3n) is 4.83. The summed E-state index contributed by atoms with van der Waals surface area (Å²) in [6.07, 6.45) is 2.56. The Kier molecular flexibility index (Phi) is 7.07. The Morgan fingerprint density at radius 1 is 1.04 bits per heavy atom. The molecule has 3 rings (SSSR count). The number of hydrogen-bond donors (Lipinski definition) is 2. The summed E-state index contributed by atoms with van der Waals surface area (Å²) in [6, 6.07) is 14.2. The van der Waals surface area contributed by atoms with E-state index < -0.39 is 0 Å². The molecule has 2 N–H and O–H groups in total. The van der Waals surface area contributed by atoms with E-state index in [-0.39, 0.29) is 11.8 Å². The highest BCUT2D eigenvalue weighted by Crippen LogP contribution is 2.27. The quantitative estimate of drug-likeness (QED) is 0.541. The number of carbonyl (C=O) groups is 2. The van der Waals surface area contributed by atoms with Crippen molar-refractivity contribution in [1.82, 2.24) is 4.90 Å². The molecule has 0 bridgehead atoms. The first-order valence-electron chi connectivity index (χ1n) is 9.57. The molecule has 148 valence electrons. The number of nitrogens with zero attached hydrogens (tertiary/aromatic N) is 1. The molecule has 0 atom stereocenters. The van der Waals surface area contributed by atoms with E-state index in [0.29, 0.717) is 25.6 Å². The number of aryl methyl sites for hydroxylation is 2. The van der Waals surface area contributed by atoms with E-state index in [1.165, 1.54) is 0 Å². The van der Waals surface area contributed by atoms with E-state index in [2.05, 4.69) is 38.1 Å². The van der Waals surface area contributed by atoms with Gasteiger partial charge in [0.2, 0.25) is 11.8 Å². The fourth-order valence-corrected chi connectivity index (χ4v) is 3.44. The molecule has 2 amide bonds. The molecule has 28 heavy (non-hydrogen) atoms. The molecule has 0 aliphatic heterocycles. The van der Waals surface area contributed by atoms with Gasteiger partial charge >= 0.3 is 0 Å². The Balaban J connectivity index is 1.50. The van der Waals surface area contributed by atoms with Crippen LogP contribution in [-0.4, -0.2) is 35.8 Å². The number of carbonyl (C=O) groups excluding carboxylic acids is 2. The summed E-state index contributed by atoms with van der Waals surface area (Å²) in [4.78, 5) is 26.9. The molecule has 1 aliphatic rings. The molecule has 0 unspecified atom stereocenters. The van der Waals surface area contributed by atoms with Crippen LogP contribution in [0.25, 0.3) is 0 Å². The van der Waals surface area contributed by atoms with Gasteiger partial charge < -0.3 is 10.6 Å². The van der Waals surface area contributed by atoms with E-state index in [4.69, 9.17) is 0 Å². The van der Waals surface area contributed by atoms with Crippen LogP contribution in [0.3, 0.4) is 0 Å². The van der Waals surface area contributed by atoms with Crippen LogP contribution in [0.5, 0.6) is 0 Å². The zero-order chi connectivity index (χ0) is 20.1. The third kappa shape index (κ3) is 6.31. The minimum absolute atomic E-state index is 0.0261. The molecular formula is C22H26IN3O2. The van der Waals surface area contributed by atoms with Gasteiger partial charge in [-0.2, -0.15) is 0 Å². The maximum Gasteiger partial charge on any atom is 0.238 e. The lowest BCUT2D eigenvalue weighted by Crippen LogP contribution is -2.37. The molecule has 0 heterocycles. The minimum atomic E-state index is -0.0290. The predicted molar refractivity (Wildman–Crippen MR) is 122 cm³/mol. The monoisotopic (exact) mass is 491 g/mol. The van der Waals surface area contributed by atoms with Crippen molar-refractivity contribution < 1.29 is 9.59 Å². The summed E-state index contributed by atoms with van der Waals surface area (Å²) < 4.78 is 1.13. The van der Waals surface area contributed by atoms with Crippen molar-refractivity contribution in [2.24, 2.45) is 0 Å². The molecule has 2 aromatic carbocycles. The van der Waals surface area contributed by atoms with E-state index in [1.807, 2.05) is 56.3 Å². The summed E-state index contributed by atoms with van der Waals surface area (Å²) in [5, 5.41) is 5.94. The van der Waals surface area contributed by atoms with Gasteiger partial charge in [-0.05, 0) is 90.7 Å². The van der Waals surface area contributed by atoms with Gasteiger partial charge in [0.1, 0.15) is 0 Å². The Hall–Kier alpha value is -1.93. The van der Waals surface area contributed by atoms with Gasteiger partial charge in [-0.15, -0.1) is 0 Å². The minimum Gasteiger partial charge on any atom is -0.326 e. The number of anilines is 2. The van der Waals surface area contributed by atoms with E-state index in [9.17, 15) is 9.59 Å². The standard InChI is InChI=1S/C22H26IN3O2/c1-15-3-4-16(2)20(13-15)25-22(28)14-26(19-9-10-19)12-11-21(27)24-18-7-5-17(23)6-8-18/h3-8,13,19H,9-12,14H2,1-2H3,(H,24,27)(H,25,28). The molecule has 0 saturated heterocycles. The van der Waals surface area contributed by atoms with Crippen LogP contribution in [0.15, 0.2) is 42.5 Å². The topological polar surface area (TPSA) is 61.4 Å². The maximum atomic E-state index is 12.5. The van der Waals surface area contributed by atoms with Crippen LogP contribution in [0, 0.1) is 17.4 Å². The summed E-state index contributed by atoms with van der Waals surface area (Å²) >= 11 is 2.23. The van der Waals surface area contributed by atoms with Gasteiger partial charge in [-0.25, -0.2) is 0 Å². The van der Waals surface area contributed by atoms with Crippen molar-refractivity contribution in [1.29, 1.82) is 0 Å². The number of halogens is 1. The first-order valence-corrected chi connectivity index (χ1v) is 10.6. The van der Waals surface area contributed by atoms with Crippen molar-refractivity contribution in [3.63, 3.8) is 0 Å². The number of nitrogens with one attached hydrogen (secondary N) is 2. The van der Waals surface area contributed by atoms with Gasteiger partial charge in [-0.1, -0.05) is 12.1 Å². The Morgan fingerprint density at radius 2 is 1.75 bits per heavy atom. The van der Waals surface area contributed by atoms with Crippen LogP contribution in [0.2, 0.25) is 0 Å². The summed E-state index contributed by atoms with van der Waals surface area (Å²) in [6.45, 7) is 4.90. The van der Waals surface area contributed by atoms with Crippen molar-refractivity contribution in [2.75, 3.05) is 23.7 Å². The van der Waals surface area contributed by atoms with Crippen LogP contribution in [0.1, 0.15) is 30.4 Å². The highest BCUT2D eigenvalue weighted by atomic mass is 127. The highest BCUT2D eigenvalue weighted by Gasteiger charge is 2.30. The fourth-order valence-electron chi connectivity index (χ4n) is 3.08. The van der Waals surface area contributed by atoms with Crippen LogP contribution < -0.4 is 10.6 Å². The molecule has 2 aromatic rings.